The highest BCUT2D eigenvalue weighted by atomic mass is 35.5. The van der Waals surface area contributed by atoms with Gasteiger partial charge in [0.25, 0.3) is 0 Å². The molecule has 0 spiro atoms. The highest BCUT2D eigenvalue weighted by molar-refractivity contribution is 5.93. The molecule has 1 amide bonds. The van der Waals surface area contributed by atoms with Gasteiger partial charge in [-0.15, -0.1) is 12.4 Å². The van der Waals surface area contributed by atoms with Gasteiger partial charge in [-0.3, -0.25) is 4.79 Å². The lowest BCUT2D eigenvalue weighted by Crippen LogP contribution is -2.25. The van der Waals surface area contributed by atoms with Crippen molar-refractivity contribution in [1.29, 1.82) is 0 Å². The maximum Gasteiger partial charge on any atom is 0.389 e. The van der Waals surface area contributed by atoms with Crippen molar-refractivity contribution in [2.24, 2.45) is 5.92 Å². The van der Waals surface area contributed by atoms with E-state index >= 15 is 0 Å². The molecule has 1 aliphatic heterocycles. The molecule has 7 heteroatoms. The molecule has 1 saturated heterocycles. The quantitative estimate of drug-likeness (QED) is 0.894. The maximum absolute atomic E-state index is 12.3. The summed E-state index contributed by atoms with van der Waals surface area (Å²) >= 11 is 0. The smallest absolute Gasteiger partial charge is 0.326 e. The van der Waals surface area contributed by atoms with Crippen LogP contribution in [0.2, 0.25) is 0 Å². The zero-order valence-corrected chi connectivity index (χ0v) is 12.2. The normalized spacial score (nSPS) is 18.1. The molecule has 2 rings (SSSR count). The molecule has 0 saturated carbocycles. The number of hydrogen-bond acceptors (Lipinski definition) is 2. The first-order valence-corrected chi connectivity index (χ1v) is 6.62. The van der Waals surface area contributed by atoms with Gasteiger partial charge in [0.2, 0.25) is 5.91 Å². The molecule has 0 radical (unpaired) electrons. The van der Waals surface area contributed by atoms with E-state index in [0.29, 0.717) is 17.8 Å². The van der Waals surface area contributed by atoms with Crippen LogP contribution in [0.4, 0.5) is 18.9 Å². The Labute approximate surface area is 127 Å². The van der Waals surface area contributed by atoms with Crippen molar-refractivity contribution in [3.63, 3.8) is 0 Å². The van der Waals surface area contributed by atoms with Gasteiger partial charge in [0.15, 0.2) is 0 Å². The number of alkyl halides is 3. The van der Waals surface area contributed by atoms with E-state index in [1.807, 2.05) is 0 Å². The highest BCUT2D eigenvalue weighted by Crippen LogP contribution is 2.25. The van der Waals surface area contributed by atoms with Crippen LogP contribution in [0.1, 0.15) is 18.4 Å². The molecule has 118 valence electrons. The van der Waals surface area contributed by atoms with Crippen LogP contribution in [0.25, 0.3) is 0 Å². The molecule has 21 heavy (non-hydrogen) atoms. The van der Waals surface area contributed by atoms with Gasteiger partial charge in [0.05, 0.1) is 5.92 Å². The molecule has 2 N–H and O–H groups in total. The number of carbonyl (C=O) groups is 1. The number of anilines is 1. The molecule has 0 aromatic heterocycles. The zero-order chi connectivity index (χ0) is 14.6. The Morgan fingerprint density at radius 1 is 1.33 bits per heavy atom. The van der Waals surface area contributed by atoms with E-state index in [4.69, 9.17) is 0 Å². The Hall–Kier alpha value is -1.27. The number of benzene rings is 1. The van der Waals surface area contributed by atoms with Crippen molar-refractivity contribution in [3.05, 3.63) is 29.8 Å². The second kappa shape index (κ2) is 7.66. The lowest BCUT2D eigenvalue weighted by Gasteiger charge is -2.14. The summed E-state index contributed by atoms with van der Waals surface area (Å²) in [4.78, 5) is 12.0. The van der Waals surface area contributed by atoms with Gasteiger partial charge in [-0.05, 0) is 31.0 Å². The van der Waals surface area contributed by atoms with Crippen LogP contribution < -0.4 is 10.6 Å². The van der Waals surface area contributed by atoms with Crippen molar-refractivity contribution < 1.29 is 18.0 Å². The van der Waals surface area contributed by atoms with E-state index in [2.05, 4.69) is 10.6 Å². The number of rotatable bonds is 4. The van der Waals surface area contributed by atoms with Crippen molar-refractivity contribution >= 4 is 24.0 Å². The summed E-state index contributed by atoms with van der Waals surface area (Å²) in [6.07, 6.45) is -4.43. The molecule has 1 atom stereocenters. The van der Waals surface area contributed by atoms with E-state index in [-0.39, 0.29) is 30.7 Å². The van der Waals surface area contributed by atoms with Crippen molar-refractivity contribution in [2.45, 2.75) is 25.4 Å². The van der Waals surface area contributed by atoms with Gasteiger partial charge < -0.3 is 10.6 Å². The Balaban J connectivity index is 0.00000220. The van der Waals surface area contributed by atoms with Crippen LogP contribution in [-0.4, -0.2) is 25.2 Å². The standard InChI is InChI=1S/C14H17F3N2O.ClH/c15-14(16,17)7-5-10-3-1-2-4-12(10)19-13(20)11-6-8-18-9-11;/h1-4,11,18H,5-9H2,(H,19,20);1H. The highest BCUT2D eigenvalue weighted by Gasteiger charge is 2.27. The average Bonchev–Trinajstić information content (AvgIpc) is 2.90. The molecule has 0 aliphatic carbocycles. The number of nitrogens with one attached hydrogen (secondary N) is 2. The Kier molecular flexibility index (Phi) is 6.48. The first kappa shape index (κ1) is 17.8. The first-order valence-electron chi connectivity index (χ1n) is 6.62. The Morgan fingerprint density at radius 3 is 2.67 bits per heavy atom. The number of para-hydroxylation sites is 1. The predicted molar refractivity (Wildman–Crippen MR) is 77.7 cm³/mol. The molecule has 1 unspecified atom stereocenters. The third-order valence-corrected chi connectivity index (χ3v) is 3.38. The molecule has 1 aliphatic rings. The SMILES string of the molecule is Cl.O=C(Nc1ccccc1CCC(F)(F)F)C1CCNC1. The van der Waals surface area contributed by atoms with Crippen LogP contribution in [0, 0.1) is 5.92 Å². The minimum atomic E-state index is -4.19. The molecule has 1 heterocycles. The first-order chi connectivity index (χ1) is 9.46. The van der Waals surface area contributed by atoms with Crippen LogP contribution in [0.3, 0.4) is 0 Å². The molecule has 1 aromatic rings. The number of carbonyl (C=O) groups excluding carboxylic acids is 1. The summed E-state index contributed by atoms with van der Waals surface area (Å²) in [5, 5.41) is 5.83. The molecular weight excluding hydrogens is 305 g/mol. The fraction of sp³-hybridized carbons (Fsp3) is 0.500. The van der Waals surface area contributed by atoms with Gasteiger partial charge in [0, 0.05) is 18.7 Å². The van der Waals surface area contributed by atoms with Crippen LogP contribution in [0.5, 0.6) is 0 Å². The predicted octanol–water partition coefficient (Wildman–Crippen LogP) is 3.15. The van der Waals surface area contributed by atoms with Gasteiger partial charge >= 0.3 is 6.18 Å². The largest absolute Gasteiger partial charge is 0.389 e. The van der Waals surface area contributed by atoms with E-state index in [9.17, 15) is 18.0 Å². The summed E-state index contributed by atoms with van der Waals surface area (Å²) in [5.74, 6) is -0.236. The third kappa shape index (κ3) is 5.55. The second-order valence-corrected chi connectivity index (χ2v) is 4.95. The van der Waals surface area contributed by atoms with E-state index in [1.54, 1.807) is 24.3 Å². The molecule has 1 fully saturated rings. The average molecular weight is 323 g/mol. The van der Waals surface area contributed by atoms with Gasteiger partial charge in [0.1, 0.15) is 0 Å². The molecular formula is C14H18ClF3N2O. The van der Waals surface area contributed by atoms with Gasteiger partial charge in [-0.2, -0.15) is 13.2 Å². The fourth-order valence-electron chi connectivity index (χ4n) is 2.25. The third-order valence-electron chi connectivity index (χ3n) is 3.38. The van der Waals surface area contributed by atoms with E-state index < -0.39 is 12.6 Å². The van der Waals surface area contributed by atoms with Crippen molar-refractivity contribution in [3.8, 4) is 0 Å². The Morgan fingerprint density at radius 2 is 2.05 bits per heavy atom. The van der Waals surface area contributed by atoms with Crippen LogP contribution >= 0.6 is 12.4 Å². The molecule has 3 nitrogen and oxygen atoms in total. The zero-order valence-electron chi connectivity index (χ0n) is 11.4. The lowest BCUT2D eigenvalue weighted by molar-refractivity contribution is -0.133. The Bertz CT molecular complexity index is 474. The number of hydrogen-bond donors (Lipinski definition) is 2. The fourth-order valence-corrected chi connectivity index (χ4v) is 2.25. The maximum atomic E-state index is 12.3. The summed E-state index contributed by atoms with van der Waals surface area (Å²) < 4.78 is 36.9. The number of amides is 1. The topological polar surface area (TPSA) is 41.1 Å². The van der Waals surface area contributed by atoms with E-state index in [0.717, 1.165) is 13.0 Å². The second-order valence-electron chi connectivity index (χ2n) is 4.95. The summed E-state index contributed by atoms with van der Waals surface area (Å²) in [6, 6.07) is 6.65. The number of halogens is 4. The van der Waals surface area contributed by atoms with E-state index in [1.165, 1.54) is 0 Å². The van der Waals surface area contributed by atoms with Crippen LogP contribution in [-0.2, 0) is 11.2 Å². The molecule has 0 bridgehead atoms. The van der Waals surface area contributed by atoms with Crippen molar-refractivity contribution in [1.82, 2.24) is 5.32 Å². The van der Waals surface area contributed by atoms with Gasteiger partial charge in [-0.1, -0.05) is 18.2 Å². The monoisotopic (exact) mass is 322 g/mol. The minimum absolute atomic E-state index is 0. The van der Waals surface area contributed by atoms with Crippen LogP contribution in [0.15, 0.2) is 24.3 Å². The number of aryl methyl sites for hydroxylation is 1. The summed E-state index contributed by atoms with van der Waals surface area (Å²) in [5.41, 5.74) is 0.998. The summed E-state index contributed by atoms with van der Waals surface area (Å²) in [6.45, 7) is 1.42. The molecule has 1 aromatic carbocycles. The minimum Gasteiger partial charge on any atom is -0.326 e. The summed E-state index contributed by atoms with van der Waals surface area (Å²) in [7, 11) is 0. The van der Waals surface area contributed by atoms with Crippen molar-refractivity contribution in [2.75, 3.05) is 18.4 Å². The lowest BCUT2D eigenvalue weighted by atomic mass is 10.1. The van der Waals surface area contributed by atoms with Gasteiger partial charge in [-0.25, -0.2) is 0 Å².